The van der Waals surface area contributed by atoms with Gasteiger partial charge in [-0.05, 0) is 31.4 Å². The number of methoxy groups -OCH3 is 1. The van der Waals surface area contributed by atoms with E-state index in [9.17, 15) is 19.7 Å². The Hall–Kier alpha value is -2.44. The fourth-order valence-electron chi connectivity index (χ4n) is 1.81. The number of hydrogen-bond acceptors (Lipinski definition) is 5. The number of nitrogens with one attached hydrogen (secondary N) is 1. The molecule has 1 aromatic rings. The van der Waals surface area contributed by atoms with Crippen LogP contribution < -0.4 is 5.32 Å². The highest BCUT2D eigenvalue weighted by molar-refractivity contribution is 5.95. The zero-order valence-corrected chi connectivity index (χ0v) is 12.0. The van der Waals surface area contributed by atoms with Crippen LogP contribution >= 0.6 is 0 Å². The van der Waals surface area contributed by atoms with Gasteiger partial charge in [0.2, 0.25) is 0 Å². The number of non-ortho nitro benzene ring substituents is 1. The van der Waals surface area contributed by atoms with Crippen molar-refractivity contribution >= 4 is 17.6 Å². The van der Waals surface area contributed by atoms with Crippen LogP contribution in [-0.4, -0.2) is 30.5 Å². The van der Waals surface area contributed by atoms with Gasteiger partial charge in [-0.3, -0.25) is 19.7 Å². The molecule has 0 aliphatic rings. The number of nitro groups is 1. The highest BCUT2D eigenvalue weighted by Crippen LogP contribution is 2.17. The van der Waals surface area contributed by atoms with Gasteiger partial charge in [-0.2, -0.15) is 0 Å². The number of rotatable bonds is 7. The summed E-state index contributed by atoms with van der Waals surface area (Å²) in [6, 6.07) is 4.11. The van der Waals surface area contributed by atoms with Gasteiger partial charge in [0.15, 0.2) is 0 Å². The number of esters is 1. The second kappa shape index (κ2) is 7.98. The van der Waals surface area contributed by atoms with Gasteiger partial charge in [-0.15, -0.1) is 0 Å². The Morgan fingerprint density at radius 1 is 1.33 bits per heavy atom. The van der Waals surface area contributed by atoms with Crippen LogP contribution in [0.25, 0.3) is 0 Å². The Kier molecular flexibility index (Phi) is 6.32. The molecule has 0 heterocycles. The van der Waals surface area contributed by atoms with Gasteiger partial charge >= 0.3 is 5.97 Å². The van der Waals surface area contributed by atoms with Gasteiger partial charge < -0.3 is 10.1 Å². The van der Waals surface area contributed by atoms with Crippen molar-refractivity contribution in [3.05, 3.63) is 39.4 Å². The van der Waals surface area contributed by atoms with E-state index < -0.39 is 4.92 Å². The first-order valence-corrected chi connectivity index (χ1v) is 6.55. The number of nitrogens with zero attached hydrogens (tertiary/aromatic N) is 1. The third-order valence-electron chi connectivity index (χ3n) is 2.99. The number of amides is 1. The molecule has 0 aromatic heterocycles. The summed E-state index contributed by atoms with van der Waals surface area (Å²) >= 11 is 0. The molecule has 0 atom stereocenters. The first kappa shape index (κ1) is 16.6. The summed E-state index contributed by atoms with van der Waals surface area (Å²) in [5.41, 5.74) is 0.923. The number of ether oxygens (including phenoxy) is 1. The number of benzene rings is 1. The van der Waals surface area contributed by atoms with Crippen molar-refractivity contribution in [2.75, 3.05) is 13.7 Å². The Labute approximate surface area is 122 Å². The molecule has 1 amide bonds. The third-order valence-corrected chi connectivity index (χ3v) is 2.99. The molecule has 0 radical (unpaired) electrons. The molecule has 0 fully saturated rings. The second-order valence-electron chi connectivity index (χ2n) is 4.55. The highest BCUT2D eigenvalue weighted by atomic mass is 16.6. The Morgan fingerprint density at radius 3 is 2.62 bits per heavy atom. The zero-order valence-electron chi connectivity index (χ0n) is 12.0. The molecule has 0 spiro atoms. The minimum Gasteiger partial charge on any atom is -0.469 e. The minimum atomic E-state index is -0.499. The maximum atomic E-state index is 11.9. The molecular formula is C14H18N2O5. The topological polar surface area (TPSA) is 98.5 Å². The average Bonchev–Trinajstić information content (AvgIpc) is 2.46. The van der Waals surface area contributed by atoms with Crippen LogP contribution in [0.2, 0.25) is 0 Å². The molecule has 0 aliphatic heterocycles. The van der Waals surface area contributed by atoms with E-state index in [0.717, 1.165) is 0 Å². The predicted molar refractivity (Wildman–Crippen MR) is 76.0 cm³/mol. The largest absolute Gasteiger partial charge is 0.469 e. The summed E-state index contributed by atoms with van der Waals surface area (Å²) in [5, 5.41) is 13.3. The summed E-state index contributed by atoms with van der Waals surface area (Å²) in [6.45, 7) is 2.09. The van der Waals surface area contributed by atoms with E-state index in [1.54, 1.807) is 6.92 Å². The van der Waals surface area contributed by atoms with E-state index in [4.69, 9.17) is 0 Å². The highest BCUT2D eigenvalue weighted by Gasteiger charge is 2.13. The third kappa shape index (κ3) is 5.21. The lowest BCUT2D eigenvalue weighted by Crippen LogP contribution is -2.25. The summed E-state index contributed by atoms with van der Waals surface area (Å²) in [6.07, 6.45) is 1.61. The van der Waals surface area contributed by atoms with E-state index >= 15 is 0 Å². The van der Waals surface area contributed by atoms with Crippen LogP contribution in [0.3, 0.4) is 0 Å². The first-order chi connectivity index (χ1) is 9.95. The van der Waals surface area contributed by atoms with Crippen molar-refractivity contribution in [2.45, 2.75) is 26.2 Å². The van der Waals surface area contributed by atoms with Crippen LogP contribution in [-0.2, 0) is 9.53 Å². The van der Waals surface area contributed by atoms with Crippen molar-refractivity contribution in [1.82, 2.24) is 5.32 Å². The number of unbranched alkanes of at least 4 members (excludes halogenated alkanes) is 1. The molecule has 114 valence electrons. The first-order valence-electron chi connectivity index (χ1n) is 6.55. The van der Waals surface area contributed by atoms with E-state index in [1.165, 1.54) is 25.3 Å². The van der Waals surface area contributed by atoms with E-state index in [0.29, 0.717) is 36.9 Å². The molecule has 0 bridgehead atoms. The van der Waals surface area contributed by atoms with Crippen LogP contribution in [0, 0.1) is 17.0 Å². The number of carbonyl (C=O) groups is 2. The van der Waals surface area contributed by atoms with Crippen LogP contribution in [0.1, 0.15) is 35.2 Å². The fourth-order valence-corrected chi connectivity index (χ4v) is 1.81. The van der Waals surface area contributed by atoms with Gasteiger partial charge in [-0.1, -0.05) is 0 Å². The minimum absolute atomic E-state index is 0.0397. The number of hydrogen-bond donors (Lipinski definition) is 1. The van der Waals surface area contributed by atoms with E-state index in [-0.39, 0.29) is 17.6 Å². The van der Waals surface area contributed by atoms with Crippen molar-refractivity contribution in [3.63, 3.8) is 0 Å². The standard InChI is InChI=1S/C14H18N2O5/c1-10-9-11(16(19)20)6-7-12(10)14(18)15-8-4-3-5-13(17)21-2/h6-7,9H,3-5,8H2,1-2H3,(H,15,18). The van der Waals surface area contributed by atoms with Crippen LogP contribution in [0.5, 0.6) is 0 Å². The SMILES string of the molecule is COC(=O)CCCCNC(=O)c1ccc([N+](=O)[O-])cc1C. The summed E-state index contributed by atoms with van der Waals surface area (Å²) in [7, 11) is 1.33. The van der Waals surface area contributed by atoms with Gasteiger partial charge in [0, 0.05) is 30.7 Å². The summed E-state index contributed by atoms with van der Waals surface area (Å²) < 4.78 is 4.51. The lowest BCUT2D eigenvalue weighted by Gasteiger charge is -2.07. The molecule has 0 unspecified atom stereocenters. The average molecular weight is 294 g/mol. The van der Waals surface area contributed by atoms with Crippen LogP contribution in [0.15, 0.2) is 18.2 Å². The maximum absolute atomic E-state index is 11.9. The molecule has 1 N–H and O–H groups in total. The monoisotopic (exact) mass is 294 g/mol. The van der Waals surface area contributed by atoms with Crippen molar-refractivity contribution in [1.29, 1.82) is 0 Å². The molecule has 0 saturated heterocycles. The smallest absolute Gasteiger partial charge is 0.305 e. The molecule has 1 rings (SSSR count). The van der Waals surface area contributed by atoms with Crippen molar-refractivity contribution < 1.29 is 19.2 Å². The molecule has 21 heavy (non-hydrogen) atoms. The molecule has 7 heteroatoms. The Balaban J connectivity index is 2.45. The number of aryl methyl sites for hydroxylation is 1. The van der Waals surface area contributed by atoms with Crippen molar-refractivity contribution in [3.8, 4) is 0 Å². The molecule has 0 saturated carbocycles. The predicted octanol–water partition coefficient (Wildman–Crippen LogP) is 1.98. The summed E-state index contributed by atoms with van der Waals surface area (Å²) in [4.78, 5) is 33.0. The summed E-state index contributed by atoms with van der Waals surface area (Å²) in [5.74, 6) is -0.548. The number of carbonyl (C=O) groups excluding carboxylic acids is 2. The van der Waals surface area contributed by atoms with E-state index in [2.05, 4.69) is 10.1 Å². The normalized spacial score (nSPS) is 10.0. The van der Waals surface area contributed by atoms with Gasteiger partial charge in [0.1, 0.15) is 0 Å². The van der Waals surface area contributed by atoms with Gasteiger partial charge in [0.05, 0.1) is 12.0 Å². The van der Waals surface area contributed by atoms with Gasteiger partial charge in [-0.25, -0.2) is 0 Å². The Bertz CT molecular complexity index is 542. The molecule has 7 nitrogen and oxygen atoms in total. The lowest BCUT2D eigenvalue weighted by molar-refractivity contribution is -0.384. The van der Waals surface area contributed by atoms with E-state index in [1.807, 2.05) is 0 Å². The second-order valence-corrected chi connectivity index (χ2v) is 4.55. The van der Waals surface area contributed by atoms with Crippen molar-refractivity contribution in [2.24, 2.45) is 0 Å². The fraction of sp³-hybridized carbons (Fsp3) is 0.429. The quantitative estimate of drug-likeness (QED) is 0.359. The maximum Gasteiger partial charge on any atom is 0.305 e. The molecule has 1 aromatic carbocycles. The number of nitro benzene ring substituents is 1. The molecular weight excluding hydrogens is 276 g/mol. The van der Waals surface area contributed by atoms with Gasteiger partial charge in [0.25, 0.3) is 11.6 Å². The lowest BCUT2D eigenvalue weighted by atomic mass is 10.1. The zero-order chi connectivity index (χ0) is 15.8. The van der Waals surface area contributed by atoms with Crippen LogP contribution in [0.4, 0.5) is 5.69 Å². The molecule has 0 aliphatic carbocycles. The Morgan fingerprint density at radius 2 is 2.05 bits per heavy atom.